The van der Waals surface area contributed by atoms with Gasteiger partial charge in [0.2, 0.25) is 0 Å². The predicted octanol–water partition coefficient (Wildman–Crippen LogP) is 3.75. The molecule has 1 aliphatic heterocycles. The second kappa shape index (κ2) is 4.37. The van der Waals surface area contributed by atoms with Crippen LogP contribution in [0.25, 0.3) is 0 Å². The highest BCUT2D eigenvalue weighted by molar-refractivity contribution is 9.11. The van der Waals surface area contributed by atoms with Crippen LogP contribution in [0, 0.1) is 12.8 Å². The summed E-state index contributed by atoms with van der Waals surface area (Å²) in [7, 11) is 0. The maximum absolute atomic E-state index is 12.0. The number of thiophene rings is 1. The van der Waals surface area contributed by atoms with Gasteiger partial charge in [0, 0.05) is 11.7 Å². The van der Waals surface area contributed by atoms with E-state index >= 15 is 0 Å². The molecule has 0 aromatic carbocycles. The number of hydrogen-bond donors (Lipinski definition) is 0. The molecular weight excluding hydrogens is 280 g/mol. The molecule has 0 saturated carbocycles. The molecule has 0 N–H and O–H groups in total. The van der Waals surface area contributed by atoms with Gasteiger partial charge in [0.05, 0.1) is 8.66 Å². The Labute approximate surface area is 100 Å². The molecule has 0 radical (unpaired) electrons. The van der Waals surface area contributed by atoms with Gasteiger partial charge in [0.15, 0.2) is 5.78 Å². The molecule has 1 nitrogen and oxygen atoms in total. The van der Waals surface area contributed by atoms with E-state index in [1.165, 1.54) is 5.56 Å². The summed E-state index contributed by atoms with van der Waals surface area (Å²) in [5.41, 5.74) is 1.17. The van der Waals surface area contributed by atoms with Gasteiger partial charge < -0.3 is 0 Å². The fourth-order valence-electron chi connectivity index (χ4n) is 1.52. The van der Waals surface area contributed by atoms with Gasteiger partial charge in [-0.3, -0.25) is 4.79 Å². The van der Waals surface area contributed by atoms with Gasteiger partial charge in [-0.2, -0.15) is 11.8 Å². The number of halogens is 1. The van der Waals surface area contributed by atoms with Crippen molar-refractivity contribution in [3.63, 3.8) is 0 Å². The Kier molecular flexibility index (Phi) is 3.34. The van der Waals surface area contributed by atoms with Crippen molar-refractivity contribution in [1.29, 1.82) is 0 Å². The zero-order valence-electron chi connectivity index (χ0n) is 7.88. The van der Waals surface area contributed by atoms with Crippen molar-refractivity contribution in [1.82, 2.24) is 0 Å². The lowest BCUT2D eigenvalue weighted by atomic mass is 10.0. The molecule has 76 valence electrons. The van der Waals surface area contributed by atoms with Crippen molar-refractivity contribution in [3.8, 4) is 0 Å². The lowest BCUT2D eigenvalue weighted by Crippen LogP contribution is -2.12. The molecule has 1 aromatic heterocycles. The van der Waals surface area contributed by atoms with E-state index in [9.17, 15) is 4.79 Å². The number of carbonyl (C=O) groups is 1. The van der Waals surface area contributed by atoms with Crippen LogP contribution in [0.5, 0.6) is 0 Å². The minimum atomic E-state index is 0.268. The lowest BCUT2D eigenvalue weighted by molar-refractivity contribution is 0.0938. The largest absolute Gasteiger partial charge is 0.293 e. The molecular formula is C10H11BrOS2. The summed E-state index contributed by atoms with van der Waals surface area (Å²) in [5, 5.41) is 0. The van der Waals surface area contributed by atoms with Crippen LogP contribution in [-0.4, -0.2) is 17.3 Å². The van der Waals surface area contributed by atoms with Crippen molar-refractivity contribution in [2.45, 2.75) is 13.3 Å². The van der Waals surface area contributed by atoms with E-state index in [1.54, 1.807) is 11.3 Å². The van der Waals surface area contributed by atoms with Gasteiger partial charge in [-0.05, 0) is 46.7 Å². The van der Waals surface area contributed by atoms with Crippen molar-refractivity contribution < 1.29 is 4.79 Å². The monoisotopic (exact) mass is 290 g/mol. The van der Waals surface area contributed by atoms with E-state index in [2.05, 4.69) is 15.9 Å². The fraction of sp³-hybridized carbons (Fsp3) is 0.500. The second-order valence-corrected chi connectivity index (χ2v) is 7.01. The first-order valence-corrected chi connectivity index (χ1v) is 7.33. The smallest absolute Gasteiger partial charge is 0.176 e. The first kappa shape index (κ1) is 10.7. The average Bonchev–Trinajstić information content (AvgIpc) is 2.76. The maximum Gasteiger partial charge on any atom is 0.176 e. The van der Waals surface area contributed by atoms with E-state index in [1.807, 2.05) is 24.8 Å². The molecule has 0 aliphatic carbocycles. The number of thioether (sulfide) groups is 1. The van der Waals surface area contributed by atoms with Crippen molar-refractivity contribution in [2.75, 3.05) is 11.5 Å². The van der Waals surface area contributed by atoms with Crippen molar-refractivity contribution in [3.05, 3.63) is 20.3 Å². The molecule has 0 bridgehead atoms. The first-order valence-electron chi connectivity index (χ1n) is 4.56. The van der Waals surface area contributed by atoms with Gasteiger partial charge >= 0.3 is 0 Å². The first-order chi connectivity index (χ1) is 6.68. The van der Waals surface area contributed by atoms with E-state index < -0.39 is 0 Å². The zero-order chi connectivity index (χ0) is 10.1. The molecule has 4 heteroatoms. The Morgan fingerprint density at radius 2 is 2.43 bits per heavy atom. The molecule has 1 atom stereocenters. The molecule has 0 amide bonds. The molecule has 1 fully saturated rings. The number of aryl methyl sites for hydroxylation is 1. The van der Waals surface area contributed by atoms with Crippen LogP contribution in [0.2, 0.25) is 0 Å². The van der Waals surface area contributed by atoms with E-state index in [-0.39, 0.29) is 5.92 Å². The topological polar surface area (TPSA) is 17.1 Å². The lowest BCUT2D eigenvalue weighted by Gasteiger charge is -2.03. The average molecular weight is 291 g/mol. The van der Waals surface area contributed by atoms with Crippen LogP contribution in [-0.2, 0) is 0 Å². The number of hydrogen-bond acceptors (Lipinski definition) is 3. The number of Topliss-reactive ketones (excluding diaryl/α,β-unsaturated/α-hetero) is 1. The number of carbonyl (C=O) groups excluding carboxylic acids is 1. The standard InChI is InChI=1S/C10H11BrOS2/c1-6-4-8(14-10(6)11)9(12)7-2-3-13-5-7/h4,7H,2-3,5H2,1H3. The maximum atomic E-state index is 12.0. The van der Waals surface area contributed by atoms with E-state index in [4.69, 9.17) is 0 Å². The van der Waals surface area contributed by atoms with Gasteiger partial charge in [-0.25, -0.2) is 0 Å². The molecule has 2 heterocycles. The summed E-state index contributed by atoms with van der Waals surface area (Å²) < 4.78 is 1.09. The molecule has 2 rings (SSSR count). The Balaban J connectivity index is 2.18. The third-order valence-corrected chi connectivity index (χ3v) is 5.71. The summed E-state index contributed by atoms with van der Waals surface area (Å²) >= 11 is 6.91. The van der Waals surface area contributed by atoms with Crippen molar-refractivity contribution >= 4 is 44.8 Å². The van der Waals surface area contributed by atoms with Gasteiger partial charge in [-0.15, -0.1) is 11.3 Å². The van der Waals surface area contributed by atoms with Crippen molar-refractivity contribution in [2.24, 2.45) is 5.92 Å². The Morgan fingerprint density at radius 1 is 1.64 bits per heavy atom. The summed E-state index contributed by atoms with van der Waals surface area (Å²) in [6.07, 6.45) is 1.05. The summed E-state index contributed by atoms with van der Waals surface area (Å²) in [5.74, 6) is 2.76. The van der Waals surface area contributed by atoms with Crippen LogP contribution >= 0.6 is 39.0 Å². The molecule has 1 aliphatic rings. The Bertz CT molecular complexity index is 334. The highest BCUT2D eigenvalue weighted by Gasteiger charge is 2.25. The summed E-state index contributed by atoms with van der Waals surface area (Å²) in [6, 6.07) is 2.00. The quantitative estimate of drug-likeness (QED) is 0.772. The highest BCUT2D eigenvalue weighted by atomic mass is 79.9. The predicted molar refractivity (Wildman–Crippen MR) is 66.5 cm³/mol. The zero-order valence-corrected chi connectivity index (χ0v) is 11.1. The summed E-state index contributed by atoms with van der Waals surface area (Å²) in [4.78, 5) is 12.9. The normalized spacial score (nSPS) is 21.4. The van der Waals surface area contributed by atoms with Gasteiger partial charge in [0.25, 0.3) is 0 Å². The number of ketones is 1. The van der Waals surface area contributed by atoms with Crippen LogP contribution in [0.4, 0.5) is 0 Å². The molecule has 14 heavy (non-hydrogen) atoms. The Hall–Kier alpha value is 0.200. The Morgan fingerprint density at radius 3 is 2.93 bits per heavy atom. The molecule has 1 aromatic rings. The third-order valence-electron chi connectivity index (χ3n) is 2.40. The van der Waals surface area contributed by atoms with E-state index in [0.717, 1.165) is 26.6 Å². The molecule has 0 spiro atoms. The van der Waals surface area contributed by atoms with Gasteiger partial charge in [0.1, 0.15) is 0 Å². The van der Waals surface area contributed by atoms with Crippen LogP contribution in [0.1, 0.15) is 21.7 Å². The number of rotatable bonds is 2. The minimum absolute atomic E-state index is 0.268. The minimum Gasteiger partial charge on any atom is -0.293 e. The van der Waals surface area contributed by atoms with Crippen LogP contribution in [0.15, 0.2) is 9.85 Å². The van der Waals surface area contributed by atoms with E-state index in [0.29, 0.717) is 5.78 Å². The molecule has 1 saturated heterocycles. The molecule has 1 unspecified atom stereocenters. The van der Waals surface area contributed by atoms with Gasteiger partial charge in [-0.1, -0.05) is 0 Å². The second-order valence-electron chi connectivity index (χ2n) is 3.49. The summed E-state index contributed by atoms with van der Waals surface area (Å²) in [6.45, 7) is 2.03. The SMILES string of the molecule is Cc1cc(C(=O)C2CCSC2)sc1Br. The van der Waals surface area contributed by atoms with Crippen LogP contribution in [0.3, 0.4) is 0 Å². The fourth-order valence-corrected chi connectivity index (χ4v) is 4.30. The van der Waals surface area contributed by atoms with Crippen LogP contribution < -0.4 is 0 Å². The third kappa shape index (κ3) is 2.07. The highest BCUT2D eigenvalue weighted by Crippen LogP contribution is 2.32.